The van der Waals surface area contributed by atoms with Gasteiger partial charge in [-0.1, -0.05) is 30.3 Å². The van der Waals surface area contributed by atoms with E-state index in [0.717, 1.165) is 11.1 Å². The lowest BCUT2D eigenvalue weighted by Crippen LogP contribution is -2.17. The molecule has 0 unspecified atom stereocenters. The summed E-state index contributed by atoms with van der Waals surface area (Å²) in [5.41, 5.74) is 5.31. The zero-order valence-electron chi connectivity index (χ0n) is 11.6. The summed E-state index contributed by atoms with van der Waals surface area (Å²) in [7, 11) is 0. The highest BCUT2D eigenvalue weighted by Gasteiger charge is 2.09. The van der Waals surface area contributed by atoms with Gasteiger partial charge in [0.25, 0.3) is 5.91 Å². The van der Waals surface area contributed by atoms with Crippen LogP contribution >= 0.6 is 0 Å². The standard InChI is InChI=1S/C16H13N5O/c22-16(21-18-11-12-6-8-17-9-7-12)15-10-14(19-20-15)13-4-2-1-3-5-13/h1-11H,(H,19,20)(H,21,22). The molecule has 2 aromatic heterocycles. The third kappa shape index (κ3) is 3.24. The molecule has 0 atom stereocenters. The molecule has 0 radical (unpaired) electrons. The van der Waals surface area contributed by atoms with E-state index in [-0.39, 0.29) is 5.91 Å². The molecule has 108 valence electrons. The number of hydrazone groups is 1. The van der Waals surface area contributed by atoms with Crippen molar-refractivity contribution in [3.63, 3.8) is 0 Å². The molecule has 1 amide bonds. The van der Waals surface area contributed by atoms with Crippen LogP contribution in [0.3, 0.4) is 0 Å². The number of benzene rings is 1. The van der Waals surface area contributed by atoms with Crippen molar-refractivity contribution in [3.05, 3.63) is 72.2 Å². The molecule has 6 nitrogen and oxygen atoms in total. The Morgan fingerprint density at radius 2 is 1.91 bits per heavy atom. The zero-order valence-corrected chi connectivity index (χ0v) is 11.6. The average Bonchev–Trinajstić information content (AvgIpc) is 3.07. The fraction of sp³-hybridized carbons (Fsp3) is 0. The van der Waals surface area contributed by atoms with Gasteiger partial charge in [-0.3, -0.25) is 14.9 Å². The lowest BCUT2D eigenvalue weighted by molar-refractivity contribution is 0.0950. The van der Waals surface area contributed by atoms with Crippen molar-refractivity contribution >= 4 is 12.1 Å². The summed E-state index contributed by atoms with van der Waals surface area (Å²) in [6, 6.07) is 14.9. The molecule has 3 aromatic rings. The molecular formula is C16H13N5O. The van der Waals surface area contributed by atoms with E-state index >= 15 is 0 Å². The van der Waals surface area contributed by atoms with Gasteiger partial charge in [0.15, 0.2) is 0 Å². The van der Waals surface area contributed by atoms with Gasteiger partial charge in [-0.05, 0) is 23.8 Å². The quantitative estimate of drug-likeness (QED) is 0.571. The number of carbonyl (C=O) groups is 1. The first kappa shape index (κ1) is 13.7. The number of rotatable bonds is 4. The number of aromatic nitrogens is 3. The first-order valence-corrected chi connectivity index (χ1v) is 6.67. The molecule has 0 spiro atoms. The fourth-order valence-corrected chi connectivity index (χ4v) is 1.87. The van der Waals surface area contributed by atoms with Crippen LogP contribution in [0, 0.1) is 0 Å². The molecule has 22 heavy (non-hydrogen) atoms. The van der Waals surface area contributed by atoms with E-state index in [1.807, 2.05) is 30.3 Å². The highest BCUT2D eigenvalue weighted by atomic mass is 16.2. The predicted molar refractivity (Wildman–Crippen MR) is 83.3 cm³/mol. The number of H-pyrrole nitrogens is 1. The van der Waals surface area contributed by atoms with Crippen molar-refractivity contribution in [1.82, 2.24) is 20.6 Å². The highest BCUT2D eigenvalue weighted by Crippen LogP contribution is 2.16. The summed E-state index contributed by atoms with van der Waals surface area (Å²) >= 11 is 0. The first-order chi connectivity index (χ1) is 10.8. The van der Waals surface area contributed by atoms with Crippen LogP contribution in [0.2, 0.25) is 0 Å². The van der Waals surface area contributed by atoms with Crippen molar-refractivity contribution < 1.29 is 4.79 Å². The Kier molecular flexibility index (Phi) is 4.01. The largest absolute Gasteiger partial charge is 0.289 e. The number of nitrogens with one attached hydrogen (secondary N) is 2. The smallest absolute Gasteiger partial charge is 0.272 e. The van der Waals surface area contributed by atoms with Gasteiger partial charge in [0.1, 0.15) is 5.69 Å². The van der Waals surface area contributed by atoms with Crippen molar-refractivity contribution in [1.29, 1.82) is 0 Å². The van der Waals surface area contributed by atoms with E-state index in [9.17, 15) is 4.79 Å². The van der Waals surface area contributed by atoms with Crippen LogP contribution in [0.5, 0.6) is 0 Å². The Morgan fingerprint density at radius 1 is 1.14 bits per heavy atom. The van der Waals surface area contributed by atoms with Gasteiger partial charge >= 0.3 is 0 Å². The van der Waals surface area contributed by atoms with E-state index in [0.29, 0.717) is 11.4 Å². The Labute approximate surface area is 126 Å². The summed E-state index contributed by atoms with van der Waals surface area (Å²) < 4.78 is 0. The summed E-state index contributed by atoms with van der Waals surface area (Å²) in [5.74, 6) is -0.347. The maximum Gasteiger partial charge on any atom is 0.289 e. The maximum atomic E-state index is 12.0. The number of hydrogen-bond acceptors (Lipinski definition) is 4. The molecule has 0 saturated heterocycles. The molecule has 1 aromatic carbocycles. The van der Waals surface area contributed by atoms with Crippen LogP contribution in [-0.4, -0.2) is 27.3 Å². The average molecular weight is 291 g/mol. The second-order valence-electron chi connectivity index (χ2n) is 4.51. The van der Waals surface area contributed by atoms with Crippen LogP contribution in [0.4, 0.5) is 0 Å². The van der Waals surface area contributed by atoms with Gasteiger partial charge in [0, 0.05) is 18.0 Å². The van der Waals surface area contributed by atoms with E-state index in [1.54, 1.807) is 36.8 Å². The number of aromatic amines is 1. The summed E-state index contributed by atoms with van der Waals surface area (Å²) in [6.07, 6.45) is 4.86. The minimum atomic E-state index is -0.347. The molecule has 0 fully saturated rings. The van der Waals surface area contributed by atoms with Crippen LogP contribution in [0.1, 0.15) is 16.1 Å². The van der Waals surface area contributed by atoms with Crippen LogP contribution < -0.4 is 5.43 Å². The molecule has 0 aliphatic rings. The van der Waals surface area contributed by atoms with Gasteiger partial charge in [-0.15, -0.1) is 0 Å². The molecule has 6 heteroatoms. The minimum absolute atomic E-state index is 0.347. The Bertz CT molecular complexity index is 781. The Morgan fingerprint density at radius 3 is 2.68 bits per heavy atom. The van der Waals surface area contributed by atoms with Crippen molar-refractivity contribution in [3.8, 4) is 11.3 Å². The molecule has 2 heterocycles. The predicted octanol–water partition coefficient (Wildman–Crippen LogP) is 2.24. The second kappa shape index (κ2) is 6.45. The van der Waals surface area contributed by atoms with E-state index < -0.39 is 0 Å². The number of nitrogens with zero attached hydrogens (tertiary/aromatic N) is 3. The Balaban J connectivity index is 1.66. The van der Waals surface area contributed by atoms with Gasteiger partial charge in [0.05, 0.1) is 11.9 Å². The van der Waals surface area contributed by atoms with Crippen molar-refractivity contribution in [2.24, 2.45) is 5.10 Å². The number of pyridine rings is 1. The molecular weight excluding hydrogens is 278 g/mol. The SMILES string of the molecule is O=C(NN=Cc1ccncc1)c1cc(-c2ccccc2)n[nH]1. The van der Waals surface area contributed by atoms with Gasteiger partial charge in [-0.2, -0.15) is 10.2 Å². The first-order valence-electron chi connectivity index (χ1n) is 6.67. The van der Waals surface area contributed by atoms with Crippen LogP contribution in [-0.2, 0) is 0 Å². The molecule has 0 aliphatic carbocycles. The highest BCUT2D eigenvalue weighted by molar-refractivity contribution is 5.94. The number of carbonyl (C=O) groups excluding carboxylic acids is 1. The fourth-order valence-electron chi connectivity index (χ4n) is 1.87. The van der Waals surface area contributed by atoms with E-state index in [2.05, 4.69) is 25.7 Å². The summed E-state index contributed by atoms with van der Waals surface area (Å²) in [5, 5.41) is 10.7. The monoisotopic (exact) mass is 291 g/mol. The molecule has 3 rings (SSSR count). The van der Waals surface area contributed by atoms with Crippen molar-refractivity contribution in [2.75, 3.05) is 0 Å². The third-order valence-corrected chi connectivity index (χ3v) is 2.98. The van der Waals surface area contributed by atoms with Gasteiger partial charge < -0.3 is 0 Å². The minimum Gasteiger partial charge on any atom is -0.272 e. The maximum absolute atomic E-state index is 12.0. The molecule has 2 N–H and O–H groups in total. The summed E-state index contributed by atoms with van der Waals surface area (Å²) in [6.45, 7) is 0. The van der Waals surface area contributed by atoms with Gasteiger partial charge in [-0.25, -0.2) is 5.43 Å². The Hall–Kier alpha value is -3.28. The van der Waals surface area contributed by atoms with E-state index in [1.165, 1.54) is 0 Å². The second-order valence-corrected chi connectivity index (χ2v) is 4.51. The normalized spacial score (nSPS) is 10.7. The molecule has 0 aliphatic heterocycles. The molecule has 0 saturated carbocycles. The van der Waals surface area contributed by atoms with Gasteiger partial charge in [0.2, 0.25) is 0 Å². The topological polar surface area (TPSA) is 83.0 Å². The lowest BCUT2D eigenvalue weighted by atomic mass is 10.1. The number of amides is 1. The zero-order chi connectivity index (χ0) is 15.2. The summed E-state index contributed by atoms with van der Waals surface area (Å²) in [4.78, 5) is 15.9. The van der Waals surface area contributed by atoms with Crippen LogP contribution in [0.15, 0.2) is 66.0 Å². The molecule has 0 bridgehead atoms. The lowest BCUT2D eigenvalue weighted by Gasteiger charge is -1.95. The third-order valence-electron chi connectivity index (χ3n) is 2.98. The van der Waals surface area contributed by atoms with Crippen molar-refractivity contribution in [2.45, 2.75) is 0 Å². The van der Waals surface area contributed by atoms with Crippen LogP contribution in [0.25, 0.3) is 11.3 Å². The van der Waals surface area contributed by atoms with E-state index in [4.69, 9.17) is 0 Å². The number of hydrogen-bond donors (Lipinski definition) is 2.